The van der Waals surface area contributed by atoms with Crippen LogP contribution in [0.4, 0.5) is 0 Å². The number of phosphoric ester groups is 1. The first-order chi connectivity index (χ1) is 25.0. The lowest BCUT2D eigenvalue weighted by Gasteiger charge is -2.29. The number of unbranched alkanes of at least 4 members (excludes halogenated alkanes) is 18. The summed E-state index contributed by atoms with van der Waals surface area (Å²) in [7, 11) is 1.24. The van der Waals surface area contributed by atoms with E-state index >= 15 is 0 Å². The van der Waals surface area contributed by atoms with Gasteiger partial charge in [0.15, 0.2) is 0 Å². The molecule has 304 valence electrons. The van der Waals surface area contributed by atoms with E-state index in [9.17, 15) is 19.4 Å². The average Bonchev–Trinajstić information content (AvgIpc) is 3.09. The molecule has 52 heavy (non-hydrogen) atoms. The molecule has 0 spiro atoms. The maximum absolute atomic E-state index is 12.8. The Labute approximate surface area is 320 Å². The van der Waals surface area contributed by atoms with Gasteiger partial charge in [0.1, 0.15) is 13.2 Å². The number of nitrogens with one attached hydrogen (secondary N) is 1. The number of aliphatic hydroxyl groups excluding tert-OH is 1. The molecule has 0 aromatic heterocycles. The number of allylic oxidation sites excluding steroid dienone is 7. The number of carbonyl (C=O) groups is 1. The Balaban J connectivity index is 4.45. The van der Waals surface area contributed by atoms with Gasteiger partial charge in [0.2, 0.25) is 5.91 Å². The van der Waals surface area contributed by atoms with Crippen LogP contribution in [0, 0.1) is 0 Å². The highest BCUT2D eigenvalue weighted by Crippen LogP contribution is 2.38. The molecule has 1 amide bonds. The van der Waals surface area contributed by atoms with Crippen molar-refractivity contribution in [3.8, 4) is 0 Å². The lowest BCUT2D eigenvalue weighted by molar-refractivity contribution is -0.870. The van der Waals surface area contributed by atoms with E-state index < -0.39 is 20.0 Å². The van der Waals surface area contributed by atoms with Crippen LogP contribution in [0.1, 0.15) is 168 Å². The van der Waals surface area contributed by atoms with Crippen LogP contribution in [0.3, 0.4) is 0 Å². The minimum atomic E-state index is -4.59. The number of hydrogen-bond acceptors (Lipinski definition) is 6. The quantitative estimate of drug-likeness (QED) is 0.0283. The lowest BCUT2D eigenvalue weighted by atomic mass is 10.1. The fourth-order valence-corrected chi connectivity index (χ4v) is 6.35. The second-order valence-electron chi connectivity index (χ2n) is 15.3. The molecule has 0 aliphatic carbocycles. The molecule has 0 heterocycles. The van der Waals surface area contributed by atoms with Crippen LogP contribution in [0.25, 0.3) is 0 Å². The van der Waals surface area contributed by atoms with Crippen LogP contribution in [0.2, 0.25) is 0 Å². The largest absolute Gasteiger partial charge is 0.756 e. The summed E-state index contributed by atoms with van der Waals surface area (Å²) in [6, 6.07) is -0.892. The minimum Gasteiger partial charge on any atom is -0.756 e. The van der Waals surface area contributed by atoms with Crippen molar-refractivity contribution in [2.75, 3.05) is 40.9 Å². The molecule has 0 saturated heterocycles. The summed E-state index contributed by atoms with van der Waals surface area (Å²) in [6.07, 6.45) is 42.9. The van der Waals surface area contributed by atoms with Crippen molar-refractivity contribution in [2.24, 2.45) is 0 Å². The predicted molar refractivity (Wildman–Crippen MR) is 219 cm³/mol. The van der Waals surface area contributed by atoms with E-state index in [1.54, 1.807) is 6.08 Å². The first-order valence-electron chi connectivity index (χ1n) is 21.0. The zero-order valence-corrected chi connectivity index (χ0v) is 35.1. The van der Waals surface area contributed by atoms with Crippen LogP contribution in [0.5, 0.6) is 0 Å². The summed E-state index contributed by atoms with van der Waals surface area (Å²) in [5.41, 5.74) is 0. The third kappa shape index (κ3) is 36.8. The normalized spacial score (nSPS) is 15.0. The highest BCUT2D eigenvalue weighted by atomic mass is 31.2. The molecule has 0 bridgehead atoms. The van der Waals surface area contributed by atoms with Crippen molar-refractivity contribution in [2.45, 2.75) is 180 Å². The Morgan fingerprint density at radius 3 is 1.65 bits per heavy atom. The van der Waals surface area contributed by atoms with Crippen molar-refractivity contribution in [1.82, 2.24) is 5.32 Å². The number of amides is 1. The van der Waals surface area contributed by atoms with Crippen molar-refractivity contribution in [3.05, 3.63) is 48.6 Å². The Hall–Kier alpha value is -1.54. The summed E-state index contributed by atoms with van der Waals surface area (Å²) in [5, 5.41) is 13.7. The third-order valence-electron chi connectivity index (χ3n) is 9.03. The monoisotopic (exact) mass is 753 g/mol. The second-order valence-corrected chi connectivity index (χ2v) is 16.8. The number of quaternary nitrogens is 1. The fraction of sp³-hybridized carbons (Fsp3) is 0.791. The van der Waals surface area contributed by atoms with Gasteiger partial charge in [0.05, 0.1) is 39.9 Å². The van der Waals surface area contributed by atoms with E-state index in [4.69, 9.17) is 9.05 Å². The summed E-state index contributed by atoms with van der Waals surface area (Å²) >= 11 is 0. The molecule has 8 nitrogen and oxygen atoms in total. The van der Waals surface area contributed by atoms with Gasteiger partial charge in [-0.25, -0.2) is 0 Å². The van der Waals surface area contributed by atoms with Gasteiger partial charge < -0.3 is 28.8 Å². The second kappa shape index (κ2) is 35.2. The van der Waals surface area contributed by atoms with Crippen molar-refractivity contribution in [1.29, 1.82) is 0 Å². The van der Waals surface area contributed by atoms with Gasteiger partial charge in [-0.3, -0.25) is 9.36 Å². The predicted octanol–water partition coefficient (Wildman–Crippen LogP) is 10.7. The summed E-state index contributed by atoms with van der Waals surface area (Å²) in [6.45, 7) is 4.57. The first-order valence-corrected chi connectivity index (χ1v) is 22.5. The Morgan fingerprint density at radius 2 is 1.12 bits per heavy atom. The number of likely N-dealkylation sites (N-methyl/N-ethyl adjacent to an activating group) is 1. The van der Waals surface area contributed by atoms with E-state index in [1.165, 1.54) is 83.5 Å². The molecule has 9 heteroatoms. The highest BCUT2D eigenvalue weighted by molar-refractivity contribution is 7.45. The summed E-state index contributed by atoms with van der Waals surface area (Å²) in [4.78, 5) is 25.2. The van der Waals surface area contributed by atoms with Crippen LogP contribution < -0.4 is 10.2 Å². The average molecular weight is 753 g/mol. The van der Waals surface area contributed by atoms with E-state index in [2.05, 4.69) is 55.6 Å². The zero-order valence-electron chi connectivity index (χ0n) is 34.2. The van der Waals surface area contributed by atoms with Gasteiger partial charge in [-0.05, 0) is 57.8 Å². The maximum Gasteiger partial charge on any atom is 0.268 e. The first kappa shape index (κ1) is 50.5. The van der Waals surface area contributed by atoms with Gasteiger partial charge in [-0.15, -0.1) is 0 Å². The standard InChI is InChI=1S/C43H81N2O6P/c1-6-8-10-12-14-16-18-19-20-21-22-23-24-25-27-29-31-33-35-37-43(47)44-41(40-51-52(48,49)50-39-38-45(3,4)5)42(46)36-34-32-30-28-26-17-15-13-11-9-7-2/h14,16,19-20,22-23,34,36,41-42,46H,6-13,15,17-18,21,24-33,35,37-40H2,1-5H3,(H-,44,47,48,49)/b16-14-,20-19-,23-22-,36-34+. The van der Waals surface area contributed by atoms with E-state index in [0.29, 0.717) is 17.4 Å². The maximum atomic E-state index is 12.8. The van der Waals surface area contributed by atoms with Crippen LogP contribution in [-0.2, 0) is 18.4 Å². The van der Waals surface area contributed by atoms with Crippen LogP contribution >= 0.6 is 7.82 Å². The Kier molecular flexibility index (Phi) is 34.1. The zero-order chi connectivity index (χ0) is 38.6. The molecule has 0 fully saturated rings. The number of nitrogens with zero attached hydrogens (tertiary/aromatic N) is 1. The Bertz CT molecular complexity index is 991. The van der Waals surface area contributed by atoms with Crippen molar-refractivity contribution < 1.29 is 32.9 Å². The van der Waals surface area contributed by atoms with Gasteiger partial charge in [0, 0.05) is 6.42 Å². The molecule has 0 saturated carbocycles. The molecule has 3 unspecified atom stereocenters. The molecule has 0 aliphatic heterocycles. The van der Waals surface area contributed by atoms with Gasteiger partial charge in [-0.2, -0.15) is 0 Å². The van der Waals surface area contributed by atoms with Gasteiger partial charge in [-0.1, -0.05) is 152 Å². The van der Waals surface area contributed by atoms with Crippen molar-refractivity contribution in [3.63, 3.8) is 0 Å². The van der Waals surface area contributed by atoms with Crippen LogP contribution in [-0.4, -0.2) is 68.5 Å². The summed E-state index contributed by atoms with van der Waals surface area (Å²) < 4.78 is 23.1. The van der Waals surface area contributed by atoms with E-state index in [-0.39, 0.29) is 19.1 Å². The number of rotatable bonds is 37. The molecule has 3 atom stereocenters. The van der Waals surface area contributed by atoms with E-state index in [0.717, 1.165) is 64.2 Å². The molecule has 0 rings (SSSR count). The lowest BCUT2D eigenvalue weighted by Crippen LogP contribution is -2.45. The molecule has 0 aromatic rings. The third-order valence-corrected chi connectivity index (χ3v) is 10.00. The molecule has 0 aliphatic rings. The van der Waals surface area contributed by atoms with Crippen molar-refractivity contribution >= 4 is 13.7 Å². The smallest absolute Gasteiger partial charge is 0.268 e. The number of phosphoric acid groups is 1. The Morgan fingerprint density at radius 1 is 0.673 bits per heavy atom. The summed E-state index contributed by atoms with van der Waals surface area (Å²) in [5.74, 6) is -0.214. The van der Waals surface area contributed by atoms with E-state index in [1.807, 2.05) is 27.2 Å². The molecule has 0 radical (unpaired) electrons. The number of hydrogen-bond donors (Lipinski definition) is 2. The molecular weight excluding hydrogens is 671 g/mol. The minimum absolute atomic E-state index is 0.00558. The number of aliphatic hydroxyl groups is 1. The molecule has 2 N–H and O–H groups in total. The SMILES string of the molecule is CCCCC/C=C\C/C=C\C/C=C\CCCCCCCCC(=O)NC(COP(=O)([O-])OCC[N+](C)(C)C)C(O)/C=C/CCCCCCCCCCC. The molecular formula is C43H81N2O6P. The van der Waals surface area contributed by atoms with Gasteiger partial charge >= 0.3 is 0 Å². The topological polar surface area (TPSA) is 108 Å². The fourth-order valence-electron chi connectivity index (χ4n) is 5.63. The molecule has 0 aromatic carbocycles. The highest BCUT2D eigenvalue weighted by Gasteiger charge is 2.23. The van der Waals surface area contributed by atoms with Crippen LogP contribution in [0.15, 0.2) is 48.6 Å². The number of carbonyl (C=O) groups excluding carboxylic acids is 1. The van der Waals surface area contributed by atoms with Gasteiger partial charge in [0.25, 0.3) is 7.82 Å².